The summed E-state index contributed by atoms with van der Waals surface area (Å²) in [6.07, 6.45) is -1.26. The zero-order chi connectivity index (χ0) is 15.0. The fraction of sp³-hybridized carbons (Fsp3) is 0.600. The fourth-order valence-corrected chi connectivity index (χ4v) is 1.23. The first kappa shape index (κ1) is 21.4. The fourth-order valence-electron chi connectivity index (χ4n) is 1.23. The Kier molecular flexibility index (Phi) is 11.6. The van der Waals surface area contributed by atoms with Gasteiger partial charge in [0.25, 0.3) is 0 Å². The summed E-state index contributed by atoms with van der Waals surface area (Å²) in [5.74, 6) is -4.45. The van der Waals surface area contributed by atoms with E-state index in [1.807, 2.05) is 0 Å². The van der Waals surface area contributed by atoms with Gasteiger partial charge in [-0.1, -0.05) is 0 Å². The number of rotatable bonds is 9. The predicted molar refractivity (Wildman–Crippen MR) is 63.3 cm³/mol. The van der Waals surface area contributed by atoms with Crippen LogP contribution in [0, 0.1) is 0 Å². The molecule has 0 aliphatic carbocycles. The van der Waals surface area contributed by atoms with Crippen LogP contribution in [-0.4, -0.2) is 73.6 Å². The van der Waals surface area contributed by atoms with E-state index in [1.54, 1.807) is 0 Å². The zero-order valence-corrected chi connectivity index (χ0v) is 13.0. The molecular formula is C10H15CaN3O6. The van der Waals surface area contributed by atoms with Gasteiger partial charge >= 0.3 is 37.7 Å². The minimum atomic E-state index is -1.39. The van der Waals surface area contributed by atoms with Gasteiger partial charge in [-0.25, -0.2) is 0 Å². The third kappa shape index (κ3) is 9.96. The summed E-state index contributed by atoms with van der Waals surface area (Å²) in [5, 5.41) is 22.6. The summed E-state index contributed by atoms with van der Waals surface area (Å²) >= 11 is 0. The number of carboxylic acid groups (broad SMARTS) is 2. The number of amides is 2. The Bertz CT molecular complexity index is 376. The molecule has 0 heterocycles. The SMILES string of the molecule is NC(=O)C(CCC(=O)[O-])NC(=O)C(N)CCC(=O)[O-].[Ca+2]. The Morgan fingerprint density at radius 3 is 1.85 bits per heavy atom. The third-order valence-corrected chi connectivity index (χ3v) is 2.29. The number of hydrogen-bond acceptors (Lipinski definition) is 7. The molecule has 108 valence electrons. The molecule has 0 aliphatic rings. The molecule has 0 saturated heterocycles. The number of primary amides is 1. The van der Waals surface area contributed by atoms with Crippen LogP contribution in [0.4, 0.5) is 0 Å². The number of nitrogens with two attached hydrogens (primary N) is 2. The van der Waals surface area contributed by atoms with Gasteiger partial charge in [0.1, 0.15) is 6.04 Å². The summed E-state index contributed by atoms with van der Waals surface area (Å²) in [4.78, 5) is 42.9. The van der Waals surface area contributed by atoms with Crippen molar-refractivity contribution in [1.82, 2.24) is 5.32 Å². The average Bonchev–Trinajstić information content (AvgIpc) is 2.30. The molecule has 9 nitrogen and oxygen atoms in total. The van der Waals surface area contributed by atoms with Crippen LogP contribution in [0.3, 0.4) is 0 Å². The van der Waals surface area contributed by atoms with Gasteiger partial charge in [-0.15, -0.1) is 0 Å². The molecule has 0 bridgehead atoms. The minimum absolute atomic E-state index is 0. The van der Waals surface area contributed by atoms with Crippen molar-refractivity contribution in [3.63, 3.8) is 0 Å². The standard InChI is InChI=1S/C10H17N3O6.Ca/c11-5(1-3-7(14)15)10(19)13-6(9(12)18)2-4-8(16)17;/h5-6H,1-4,11H2,(H2,12,18)(H,13,19)(H,14,15)(H,16,17);/q;+2/p-2. The van der Waals surface area contributed by atoms with Crippen molar-refractivity contribution in [3.05, 3.63) is 0 Å². The first-order chi connectivity index (χ1) is 8.73. The molecule has 0 aromatic rings. The normalized spacial score (nSPS) is 12.7. The van der Waals surface area contributed by atoms with E-state index in [0.717, 1.165) is 0 Å². The van der Waals surface area contributed by atoms with Gasteiger partial charge in [0.2, 0.25) is 11.8 Å². The first-order valence-corrected chi connectivity index (χ1v) is 5.49. The minimum Gasteiger partial charge on any atom is -0.550 e. The number of carbonyl (C=O) groups is 4. The van der Waals surface area contributed by atoms with Crippen molar-refractivity contribution in [2.24, 2.45) is 11.5 Å². The van der Waals surface area contributed by atoms with Crippen LogP contribution in [0.2, 0.25) is 0 Å². The van der Waals surface area contributed by atoms with E-state index in [1.165, 1.54) is 0 Å². The van der Waals surface area contributed by atoms with Crippen LogP contribution >= 0.6 is 0 Å². The maximum atomic E-state index is 11.5. The molecule has 0 aliphatic heterocycles. The Hall–Kier alpha value is -0.900. The molecule has 0 saturated carbocycles. The Balaban J connectivity index is 0. The molecular weight excluding hydrogens is 298 g/mol. The van der Waals surface area contributed by atoms with Crippen molar-refractivity contribution in [2.45, 2.75) is 37.8 Å². The van der Waals surface area contributed by atoms with Crippen LogP contribution < -0.4 is 27.0 Å². The number of aliphatic carboxylic acids is 2. The van der Waals surface area contributed by atoms with Gasteiger partial charge in [-0.2, -0.15) is 0 Å². The predicted octanol–water partition coefficient (Wildman–Crippen LogP) is -5.04. The summed E-state index contributed by atoms with van der Waals surface area (Å²) in [5.41, 5.74) is 10.4. The molecule has 2 amide bonds. The van der Waals surface area contributed by atoms with Crippen molar-refractivity contribution in [2.75, 3.05) is 0 Å². The molecule has 5 N–H and O–H groups in total. The quantitative estimate of drug-likeness (QED) is 0.356. The Morgan fingerprint density at radius 1 is 1.00 bits per heavy atom. The summed E-state index contributed by atoms with van der Waals surface area (Å²) < 4.78 is 0. The Labute approximate surface area is 145 Å². The molecule has 20 heavy (non-hydrogen) atoms. The molecule has 0 rings (SSSR count). The van der Waals surface area contributed by atoms with E-state index in [-0.39, 0.29) is 50.6 Å². The van der Waals surface area contributed by atoms with Crippen LogP contribution in [0.1, 0.15) is 25.7 Å². The number of carbonyl (C=O) groups excluding carboxylic acids is 4. The van der Waals surface area contributed by atoms with Gasteiger partial charge < -0.3 is 36.6 Å². The van der Waals surface area contributed by atoms with Crippen LogP contribution in [0.25, 0.3) is 0 Å². The summed E-state index contributed by atoms with van der Waals surface area (Å²) in [7, 11) is 0. The maximum Gasteiger partial charge on any atom is 2.00 e. The van der Waals surface area contributed by atoms with Crippen LogP contribution in [-0.2, 0) is 19.2 Å². The topological polar surface area (TPSA) is 178 Å². The average molecular weight is 313 g/mol. The van der Waals surface area contributed by atoms with E-state index in [9.17, 15) is 29.4 Å². The second-order valence-corrected chi connectivity index (χ2v) is 3.89. The largest absolute Gasteiger partial charge is 2.00 e. The van der Waals surface area contributed by atoms with E-state index in [4.69, 9.17) is 11.5 Å². The van der Waals surface area contributed by atoms with Gasteiger partial charge in [0.15, 0.2) is 0 Å². The molecule has 2 atom stereocenters. The molecule has 0 aromatic carbocycles. The molecule has 2 unspecified atom stereocenters. The van der Waals surface area contributed by atoms with Crippen molar-refractivity contribution >= 4 is 61.5 Å². The first-order valence-electron chi connectivity index (χ1n) is 5.49. The molecule has 0 fully saturated rings. The van der Waals surface area contributed by atoms with E-state index in [0.29, 0.717) is 0 Å². The van der Waals surface area contributed by atoms with Crippen molar-refractivity contribution in [3.8, 4) is 0 Å². The maximum absolute atomic E-state index is 11.5. The number of nitrogens with one attached hydrogen (secondary N) is 1. The van der Waals surface area contributed by atoms with Gasteiger partial charge in [0, 0.05) is 11.9 Å². The molecule has 0 aromatic heterocycles. The number of carboxylic acids is 2. The number of hydrogen-bond donors (Lipinski definition) is 3. The smallest absolute Gasteiger partial charge is 0.550 e. The second kappa shape index (κ2) is 10.8. The molecule has 10 heteroatoms. The zero-order valence-electron chi connectivity index (χ0n) is 10.8. The van der Waals surface area contributed by atoms with E-state index in [2.05, 4.69) is 5.32 Å². The van der Waals surface area contributed by atoms with E-state index >= 15 is 0 Å². The monoisotopic (exact) mass is 313 g/mol. The Morgan fingerprint density at radius 2 is 1.45 bits per heavy atom. The molecule has 0 radical (unpaired) electrons. The third-order valence-electron chi connectivity index (χ3n) is 2.29. The molecule has 0 spiro atoms. The van der Waals surface area contributed by atoms with Gasteiger partial charge in [-0.3, -0.25) is 9.59 Å². The summed E-state index contributed by atoms with van der Waals surface area (Å²) in [6.45, 7) is 0. The van der Waals surface area contributed by atoms with Gasteiger partial charge in [0.05, 0.1) is 6.04 Å². The van der Waals surface area contributed by atoms with Crippen molar-refractivity contribution < 1.29 is 29.4 Å². The second-order valence-electron chi connectivity index (χ2n) is 3.89. The van der Waals surface area contributed by atoms with E-state index < -0.39 is 48.7 Å². The van der Waals surface area contributed by atoms with Gasteiger partial charge in [-0.05, 0) is 25.7 Å². The van der Waals surface area contributed by atoms with Crippen LogP contribution in [0.5, 0.6) is 0 Å². The van der Waals surface area contributed by atoms with Crippen LogP contribution in [0.15, 0.2) is 0 Å². The van der Waals surface area contributed by atoms with Crippen molar-refractivity contribution in [1.29, 1.82) is 0 Å². The summed E-state index contributed by atoms with van der Waals surface area (Å²) in [6, 6.07) is -2.35.